The van der Waals surface area contributed by atoms with Crippen LogP contribution in [0.5, 0.6) is 0 Å². The Morgan fingerprint density at radius 3 is 1.16 bits per heavy atom. The standard InChI is InChI=1S/C62H41N/c1-2-14-46(15-3-1)49-40-41-58(51-17-5-4-16-50(49)51)62-56-22-8-6-20-54(56)61(55-21-7-9-23-57(55)62)47-36-34-45(35-37-47)44-32-28-42(29-33-44)26-27-43-30-38-48(39-31-43)63-59-24-12-10-18-52(59)53-19-11-13-25-60(53)63/h1-41H. The van der Waals surface area contributed by atoms with Crippen molar-refractivity contribution in [1.29, 1.82) is 0 Å². The van der Waals surface area contributed by atoms with E-state index in [0.717, 1.165) is 5.69 Å². The van der Waals surface area contributed by atoms with Crippen molar-refractivity contribution in [2.45, 2.75) is 0 Å². The zero-order chi connectivity index (χ0) is 41.7. The summed E-state index contributed by atoms with van der Waals surface area (Å²) in [5.74, 6) is 0. The van der Waals surface area contributed by atoms with Crippen molar-refractivity contribution in [3.05, 3.63) is 248 Å². The molecule has 0 saturated heterocycles. The molecule has 0 bridgehead atoms. The van der Waals surface area contributed by atoms with Crippen LogP contribution in [-0.4, -0.2) is 4.57 Å². The zero-order valence-electron chi connectivity index (χ0n) is 34.6. The molecule has 0 aliphatic rings. The Hall–Kier alpha value is -8.26. The number of para-hydroxylation sites is 2. The zero-order valence-corrected chi connectivity index (χ0v) is 34.6. The molecule has 0 aliphatic heterocycles. The minimum Gasteiger partial charge on any atom is -0.309 e. The maximum absolute atomic E-state index is 2.36. The lowest BCUT2D eigenvalue weighted by atomic mass is 9.83. The van der Waals surface area contributed by atoms with Crippen molar-refractivity contribution in [3.63, 3.8) is 0 Å². The van der Waals surface area contributed by atoms with E-state index in [1.807, 2.05) is 0 Å². The van der Waals surface area contributed by atoms with Gasteiger partial charge in [-0.05, 0) is 112 Å². The van der Waals surface area contributed by atoms with Crippen LogP contribution in [0.15, 0.2) is 237 Å². The second-order valence-electron chi connectivity index (χ2n) is 16.4. The summed E-state index contributed by atoms with van der Waals surface area (Å²) in [6, 6.07) is 86.3. The fourth-order valence-electron chi connectivity index (χ4n) is 9.86. The van der Waals surface area contributed by atoms with Crippen molar-refractivity contribution < 1.29 is 0 Å². The van der Waals surface area contributed by atoms with Gasteiger partial charge >= 0.3 is 0 Å². The smallest absolute Gasteiger partial charge is 0.0541 e. The van der Waals surface area contributed by atoms with E-state index < -0.39 is 0 Å². The maximum atomic E-state index is 2.36. The molecule has 0 saturated carbocycles. The SMILES string of the molecule is C(=Cc1ccc(-n2c3ccccc3c3ccccc32)cc1)c1ccc(-c2ccc(-c3c4ccccc4c(-c4ccc(-c5ccccc5)c5ccccc45)c4ccccc34)cc2)cc1. The molecule has 0 unspecified atom stereocenters. The molecule has 1 nitrogen and oxygen atoms in total. The molecule has 0 aliphatic carbocycles. The van der Waals surface area contributed by atoms with Crippen molar-refractivity contribution in [2.24, 2.45) is 0 Å². The lowest BCUT2D eigenvalue weighted by Crippen LogP contribution is -1.93. The molecule has 0 amide bonds. The van der Waals surface area contributed by atoms with Gasteiger partial charge in [0, 0.05) is 16.5 Å². The minimum atomic E-state index is 1.16. The van der Waals surface area contributed by atoms with E-state index in [-0.39, 0.29) is 0 Å². The van der Waals surface area contributed by atoms with Gasteiger partial charge in [-0.1, -0.05) is 224 Å². The van der Waals surface area contributed by atoms with E-state index in [4.69, 9.17) is 0 Å². The Labute approximate surface area is 367 Å². The topological polar surface area (TPSA) is 4.93 Å². The number of fused-ring (bicyclic) bond motifs is 6. The number of aromatic nitrogens is 1. The molecule has 63 heavy (non-hydrogen) atoms. The van der Waals surface area contributed by atoms with Crippen molar-refractivity contribution in [1.82, 2.24) is 4.57 Å². The normalized spacial score (nSPS) is 11.7. The van der Waals surface area contributed by atoms with Gasteiger partial charge in [0.15, 0.2) is 0 Å². The molecule has 0 fully saturated rings. The predicted molar refractivity (Wildman–Crippen MR) is 270 cm³/mol. The molecule has 294 valence electrons. The van der Waals surface area contributed by atoms with Crippen LogP contribution in [0.25, 0.3) is 116 Å². The Kier molecular flexibility index (Phi) is 8.90. The molecule has 1 heterocycles. The lowest BCUT2D eigenvalue weighted by Gasteiger charge is -2.20. The highest BCUT2D eigenvalue weighted by Crippen LogP contribution is 2.46. The van der Waals surface area contributed by atoms with Gasteiger partial charge in [-0.3, -0.25) is 0 Å². The van der Waals surface area contributed by atoms with Crippen molar-refractivity contribution in [2.75, 3.05) is 0 Å². The molecular weight excluding hydrogens is 759 g/mol. The predicted octanol–water partition coefficient (Wildman–Crippen LogP) is 17.1. The monoisotopic (exact) mass is 799 g/mol. The van der Waals surface area contributed by atoms with Crippen LogP contribution in [-0.2, 0) is 0 Å². The Morgan fingerprint density at radius 2 is 0.619 bits per heavy atom. The summed E-state index contributed by atoms with van der Waals surface area (Å²) in [5, 5.41) is 10.1. The fraction of sp³-hybridized carbons (Fsp3) is 0. The van der Waals surface area contributed by atoms with Crippen LogP contribution in [0.4, 0.5) is 0 Å². The molecule has 12 aromatic rings. The van der Waals surface area contributed by atoms with Crippen LogP contribution < -0.4 is 0 Å². The number of nitrogens with zero attached hydrogens (tertiary/aromatic N) is 1. The number of hydrogen-bond donors (Lipinski definition) is 0. The second-order valence-corrected chi connectivity index (χ2v) is 16.4. The lowest BCUT2D eigenvalue weighted by molar-refractivity contribution is 1.18. The highest BCUT2D eigenvalue weighted by molar-refractivity contribution is 6.24. The van der Waals surface area contributed by atoms with Gasteiger partial charge in [0.05, 0.1) is 11.0 Å². The first-order chi connectivity index (χ1) is 31.3. The summed E-state index contributed by atoms with van der Waals surface area (Å²) < 4.78 is 2.36. The molecule has 1 aromatic heterocycles. The van der Waals surface area contributed by atoms with E-state index in [1.165, 1.54) is 110 Å². The van der Waals surface area contributed by atoms with Gasteiger partial charge in [-0.25, -0.2) is 0 Å². The highest BCUT2D eigenvalue weighted by atomic mass is 15.0. The van der Waals surface area contributed by atoms with Gasteiger partial charge in [0.1, 0.15) is 0 Å². The molecule has 12 rings (SSSR count). The van der Waals surface area contributed by atoms with Crippen molar-refractivity contribution >= 4 is 66.3 Å². The van der Waals surface area contributed by atoms with E-state index in [2.05, 4.69) is 253 Å². The third-order valence-corrected chi connectivity index (χ3v) is 12.8. The Bertz CT molecular complexity index is 3570. The largest absolute Gasteiger partial charge is 0.309 e. The fourth-order valence-corrected chi connectivity index (χ4v) is 9.86. The second kappa shape index (κ2) is 15.3. The molecule has 11 aromatic carbocycles. The third-order valence-electron chi connectivity index (χ3n) is 12.8. The minimum absolute atomic E-state index is 1.16. The van der Waals surface area contributed by atoms with Crippen LogP contribution >= 0.6 is 0 Å². The maximum Gasteiger partial charge on any atom is 0.0541 e. The first-order valence-electron chi connectivity index (χ1n) is 21.8. The van der Waals surface area contributed by atoms with Crippen LogP contribution in [0, 0.1) is 0 Å². The average molecular weight is 800 g/mol. The van der Waals surface area contributed by atoms with Gasteiger partial charge in [0.2, 0.25) is 0 Å². The summed E-state index contributed by atoms with van der Waals surface area (Å²) in [7, 11) is 0. The summed E-state index contributed by atoms with van der Waals surface area (Å²) in [6.07, 6.45) is 4.39. The molecular formula is C62H41N. The summed E-state index contributed by atoms with van der Waals surface area (Å²) in [4.78, 5) is 0. The molecule has 0 atom stereocenters. The average Bonchev–Trinajstić information content (AvgIpc) is 3.70. The summed E-state index contributed by atoms with van der Waals surface area (Å²) in [6.45, 7) is 0. The van der Waals surface area contributed by atoms with Crippen LogP contribution in [0.2, 0.25) is 0 Å². The van der Waals surface area contributed by atoms with E-state index >= 15 is 0 Å². The van der Waals surface area contributed by atoms with Gasteiger partial charge in [-0.15, -0.1) is 0 Å². The van der Waals surface area contributed by atoms with Crippen LogP contribution in [0.3, 0.4) is 0 Å². The Balaban J connectivity index is 0.847. The molecule has 0 radical (unpaired) electrons. The van der Waals surface area contributed by atoms with Gasteiger partial charge < -0.3 is 4.57 Å². The first kappa shape index (κ1) is 36.6. The number of rotatable bonds is 7. The first-order valence-corrected chi connectivity index (χ1v) is 21.8. The molecule has 0 spiro atoms. The summed E-state index contributed by atoms with van der Waals surface area (Å²) in [5.41, 5.74) is 15.9. The van der Waals surface area contributed by atoms with Gasteiger partial charge in [0.25, 0.3) is 0 Å². The third kappa shape index (κ3) is 6.33. The molecule has 0 N–H and O–H groups in total. The van der Waals surface area contributed by atoms with E-state index in [1.54, 1.807) is 0 Å². The van der Waals surface area contributed by atoms with Gasteiger partial charge in [-0.2, -0.15) is 0 Å². The Morgan fingerprint density at radius 1 is 0.238 bits per heavy atom. The van der Waals surface area contributed by atoms with E-state index in [0.29, 0.717) is 0 Å². The highest BCUT2D eigenvalue weighted by Gasteiger charge is 2.19. The quantitative estimate of drug-likeness (QED) is 0.112. The van der Waals surface area contributed by atoms with Crippen molar-refractivity contribution in [3.8, 4) is 50.2 Å². The number of benzene rings is 11. The summed E-state index contributed by atoms with van der Waals surface area (Å²) >= 11 is 0. The van der Waals surface area contributed by atoms with Crippen LogP contribution in [0.1, 0.15) is 11.1 Å². The number of hydrogen-bond acceptors (Lipinski definition) is 0. The molecule has 1 heteroatoms. The van der Waals surface area contributed by atoms with E-state index in [9.17, 15) is 0 Å².